The van der Waals surface area contributed by atoms with Gasteiger partial charge in [0.25, 0.3) is 0 Å². The Morgan fingerprint density at radius 1 is 1.27 bits per heavy atom. The number of benzene rings is 1. The van der Waals surface area contributed by atoms with Crippen LogP contribution in [0.5, 0.6) is 5.75 Å². The number of rotatable bonds is 2. The number of phenols is 1. The van der Waals surface area contributed by atoms with E-state index in [9.17, 15) is 5.11 Å². The van der Waals surface area contributed by atoms with Crippen LogP contribution in [0.15, 0.2) is 41.4 Å². The maximum atomic E-state index is 9.52. The summed E-state index contributed by atoms with van der Waals surface area (Å²) in [7, 11) is 1.71. The van der Waals surface area contributed by atoms with Crippen molar-refractivity contribution in [1.82, 2.24) is 0 Å². The van der Waals surface area contributed by atoms with E-state index in [1.54, 1.807) is 19.2 Å². The number of phenolic OH excluding ortho intramolecular Hbond substituents is 1. The molecule has 0 spiro atoms. The maximum Gasteiger partial charge on any atom is 0.124 e. The van der Waals surface area contributed by atoms with Gasteiger partial charge in [-0.15, -0.1) is 0 Å². The van der Waals surface area contributed by atoms with Gasteiger partial charge in [-0.05, 0) is 25.1 Å². The molecule has 0 bridgehead atoms. The van der Waals surface area contributed by atoms with Gasteiger partial charge < -0.3 is 5.11 Å². The van der Waals surface area contributed by atoms with Gasteiger partial charge in [-0.3, -0.25) is 4.99 Å². The fourth-order valence-electron chi connectivity index (χ4n) is 1.13. The molecule has 0 saturated carbocycles. The monoisotopic (exact) mass is 205 g/mol. The summed E-state index contributed by atoms with van der Waals surface area (Å²) in [5.74, 6) is 0.265. The van der Waals surface area contributed by atoms with E-state index in [1.165, 1.54) is 0 Å². The highest BCUT2D eigenvalue weighted by Crippen LogP contribution is 2.16. The minimum atomic E-state index is 0.265. The number of nitrogens with zero attached hydrogens (tertiary/aromatic N) is 1. The topological polar surface area (TPSA) is 32.6 Å². The molecule has 15 heavy (non-hydrogen) atoms. The zero-order valence-electron chi connectivity index (χ0n) is 9.86. The fraction of sp³-hybridized carbons (Fsp3) is 0.308. The van der Waals surface area contributed by atoms with Crippen LogP contribution in [0.25, 0.3) is 0 Å². The first-order chi connectivity index (χ1) is 7.29. The summed E-state index contributed by atoms with van der Waals surface area (Å²) < 4.78 is 0. The Morgan fingerprint density at radius 3 is 2.33 bits per heavy atom. The molecule has 0 aromatic heterocycles. The van der Waals surface area contributed by atoms with Crippen molar-refractivity contribution < 1.29 is 5.11 Å². The van der Waals surface area contributed by atoms with E-state index in [0.717, 1.165) is 11.3 Å². The van der Waals surface area contributed by atoms with Crippen LogP contribution in [0.4, 0.5) is 0 Å². The van der Waals surface area contributed by atoms with Gasteiger partial charge in [0.05, 0.1) is 5.71 Å². The van der Waals surface area contributed by atoms with E-state index >= 15 is 0 Å². The summed E-state index contributed by atoms with van der Waals surface area (Å²) >= 11 is 0. The molecule has 0 aliphatic rings. The lowest BCUT2D eigenvalue weighted by molar-refractivity contribution is 0.474. The van der Waals surface area contributed by atoms with Crippen LogP contribution in [-0.4, -0.2) is 17.9 Å². The average molecular weight is 205 g/mol. The van der Waals surface area contributed by atoms with Crippen molar-refractivity contribution in [3.63, 3.8) is 0 Å². The fourth-order valence-corrected chi connectivity index (χ4v) is 1.13. The minimum absolute atomic E-state index is 0.265. The molecule has 82 valence electrons. The van der Waals surface area contributed by atoms with Crippen LogP contribution in [0.1, 0.15) is 26.3 Å². The van der Waals surface area contributed by atoms with Gasteiger partial charge in [-0.25, -0.2) is 0 Å². The highest BCUT2D eigenvalue weighted by molar-refractivity contribution is 6.10. The van der Waals surface area contributed by atoms with Crippen molar-refractivity contribution in [1.29, 1.82) is 0 Å². The molecular formula is C13H19NO. The third kappa shape index (κ3) is 3.98. The van der Waals surface area contributed by atoms with Gasteiger partial charge in [0, 0.05) is 12.6 Å². The molecule has 0 fully saturated rings. The van der Waals surface area contributed by atoms with Gasteiger partial charge in [-0.1, -0.05) is 32.1 Å². The second kappa shape index (κ2) is 7.80. The first kappa shape index (κ1) is 13.4. The molecule has 0 aliphatic heterocycles. The van der Waals surface area contributed by atoms with E-state index in [-0.39, 0.29) is 5.75 Å². The van der Waals surface area contributed by atoms with Crippen molar-refractivity contribution in [2.75, 3.05) is 7.05 Å². The second-order valence-electron chi connectivity index (χ2n) is 2.63. The Bertz CT molecular complexity index is 340. The van der Waals surface area contributed by atoms with Crippen molar-refractivity contribution in [2.24, 2.45) is 4.99 Å². The molecule has 2 heteroatoms. The molecule has 1 rings (SSSR count). The summed E-state index contributed by atoms with van der Waals surface area (Å²) in [5.41, 5.74) is 1.56. The van der Waals surface area contributed by atoms with Gasteiger partial charge in [0.2, 0.25) is 0 Å². The smallest absolute Gasteiger partial charge is 0.124 e. The molecule has 0 amide bonds. The third-order valence-corrected chi connectivity index (χ3v) is 1.75. The minimum Gasteiger partial charge on any atom is -0.507 e. The molecule has 0 radical (unpaired) electrons. The number of allylic oxidation sites excluding steroid dienone is 2. The summed E-state index contributed by atoms with van der Waals surface area (Å²) in [4.78, 5) is 4.08. The van der Waals surface area contributed by atoms with E-state index in [4.69, 9.17) is 0 Å². The molecule has 0 aliphatic carbocycles. The van der Waals surface area contributed by atoms with Gasteiger partial charge >= 0.3 is 0 Å². The lowest BCUT2D eigenvalue weighted by atomic mass is 10.1. The SMILES string of the molecule is C/C=C\C(=NC)c1ccccc1O.CC. The summed E-state index contributed by atoms with van der Waals surface area (Å²) in [6.07, 6.45) is 3.77. The quantitative estimate of drug-likeness (QED) is 0.737. The predicted molar refractivity (Wildman–Crippen MR) is 66.7 cm³/mol. The highest BCUT2D eigenvalue weighted by Gasteiger charge is 2.02. The average Bonchev–Trinajstić information content (AvgIpc) is 2.30. The Labute approximate surface area is 92.0 Å². The van der Waals surface area contributed by atoms with Crippen LogP contribution in [-0.2, 0) is 0 Å². The van der Waals surface area contributed by atoms with Gasteiger partial charge in [-0.2, -0.15) is 0 Å². The van der Waals surface area contributed by atoms with Gasteiger partial charge in [0.1, 0.15) is 5.75 Å². The molecule has 1 aromatic carbocycles. The largest absolute Gasteiger partial charge is 0.507 e. The Kier molecular flexibility index (Phi) is 6.98. The first-order valence-corrected chi connectivity index (χ1v) is 5.17. The van der Waals surface area contributed by atoms with Crippen molar-refractivity contribution in [3.05, 3.63) is 42.0 Å². The van der Waals surface area contributed by atoms with Crippen LogP contribution in [0.3, 0.4) is 0 Å². The normalized spacial score (nSPS) is 11.1. The molecule has 1 aromatic rings. The number of hydrogen-bond donors (Lipinski definition) is 1. The standard InChI is InChI=1S/C11H13NO.C2H6/c1-3-6-10(12-2)9-7-4-5-8-11(9)13;1-2/h3-8,13H,1-2H3;1-2H3/b6-3-,12-10?;. The third-order valence-electron chi connectivity index (χ3n) is 1.75. The summed E-state index contributed by atoms with van der Waals surface area (Å²) in [6.45, 7) is 5.92. The van der Waals surface area contributed by atoms with Crippen LogP contribution in [0.2, 0.25) is 0 Å². The van der Waals surface area contributed by atoms with E-state index in [0.29, 0.717) is 0 Å². The van der Waals surface area contributed by atoms with Crippen molar-refractivity contribution in [3.8, 4) is 5.75 Å². The predicted octanol–water partition coefficient (Wildman–Crippen LogP) is 3.41. The Morgan fingerprint density at radius 2 is 1.87 bits per heavy atom. The Balaban J connectivity index is 0.000000921. The molecule has 0 unspecified atom stereocenters. The summed E-state index contributed by atoms with van der Waals surface area (Å²) in [5, 5.41) is 9.52. The van der Waals surface area contributed by atoms with Crippen molar-refractivity contribution >= 4 is 5.71 Å². The summed E-state index contributed by atoms with van der Waals surface area (Å²) in [6, 6.07) is 7.17. The van der Waals surface area contributed by atoms with Crippen LogP contribution < -0.4 is 0 Å². The van der Waals surface area contributed by atoms with Crippen LogP contribution in [0, 0.1) is 0 Å². The number of aliphatic imine (C=N–C) groups is 1. The number of hydrogen-bond acceptors (Lipinski definition) is 2. The van der Waals surface area contributed by atoms with Crippen LogP contribution >= 0.6 is 0 Å². The molecule has 0 heterocycles. The maximum absolute atomic E-state index is 9.52. The lowest BCUT2D eigenvalue weighted by Gasteiger charge is -2.02. The van der Waals surface area contributed by atoms with E-state index in [1.807, 2.05) is 45.1 Å². The van der Waals surface area contributed by atoms with E-state index < -0.39 is 0 Å². The molecule has 0 atom stereocenters. The zero-order chi connectivity index (χ0) is 11.7. The Hall–Kier alpha value is -1.57. The molecular weight excluding hydrogens is 186 g/mol. The second-order valence-corrected chi connectivity index (χ2v) is 2.63. The first-order valence-electron chi connectivity index (χ1n) is 5.17. The zero-order valence-corrected chi connectivity index (χ0v) is 9.86. The van der Waals surface area contributed by atoms with Gasteiger partial charge in [0.15, 0.2) is 0 Å². The number of para-hydroxylation sites is 1. The van der Waals surface area contributed by atoms with Crippen molar-refractivity contribution in [2.45, 2.75) is 20.8 Å². The lowest BCUT2D eigenvalue weighted by Crippen LogP contribution is -1.96. The van der Waals surface area contributed by atoms with E-state index in [2.05, 4.69) is 4.99 Å². The molecule has 2 nitrogen and oxygen atoms in total. The molecule has 0 saturated heterocycles. The highest BCUT2D eigenvalue weighted by atomic mass is 16.3. The number of aromatic hydroxyl groups is 1. The molecule has 1 N–H and O–H groups in total.